The largest absolute Gasteiger partial charge is 0.497 e. The van der Waals surface area contributed by atoms with Gasteiger partial charge in [0.2, 0.25) is 5.96 Å². The van der Waals surface area contributed by atoms with Crippen LogP contribution in [0.1, 0.15) is 5.56 Å². The molecule has 0 aromatic heterocycles. The minimum Gasteiger partial charge on any atom is -0.497 e. The predicted molar refractivity (Wildman–Crippen MR) is 55.6 cm³/mol. The summed E-state index contributed by atoms with van der Waals surface area (Å²) in [5.41, 5.74) is 8.65. The van der Waals surface area contributed by atoms with Crippen molar-refractivity contribution in [2.75, 3.05) is 7.11 Å². The molecule has 0 spiro atoms. The Morgan fingerprint density at radius 3 is 3.00 bits per heavy atom. The van der Waals surface area contributed by atoms with Gasteiger partial charge in [-0.1, -0.05) is 12.1 Å². The van der Waals surface area contributed by atoms with Gasteiger partial charge in [0.1, 0.15) is 5.75 Å². The molecule has 0 fully saturated rings. The molecule has 1 rings (SSSR count). The molecule has 5 heteroatoms. The number of ether oxygens (including phenoxy) is 1. The third kappa shape index (κ3) is 2.95. The van der Waals surface area contributed by atoms with Crippen LogP contribution in [-0.4, -0.2) is 13.1 Å². The Morgan fingerprint density at radius 1 is 1.57 bits per heavy atom. The Balaban J connectivity index is 2.67. The second kappa shape index (κ2) is 5.08. The second-order valence-electron chi connectivity index (χ2n) is 2.70. The van der Waals surface area contributed by atoms with Crippen LogP contribution < -0.4 is 21.7 Å². The standard InChI is InChI=1S/C9H14N4O/c1-14-8-4-2-3-7(5-8)6-12-9(10)13-11/h2-5H,6,11H2,1H3,(H3,10,12,13). The Bertz CT molecular complexity index is 324. The van der Waals surface area contributed by atoms with Crippen molar-refractivity contribution in [2.45, 2.75) is 6.54 Å². The van der Waals surface area contributed by atoms with Gasteiger partial charge in [0.25, 0.3) is 0 Å². The zero-order chi connectivity index (χ0) is 10.4. The molecule has 0 unspecified atom stereocenters. The summed E-state index contributed by atoms with van der Waals surface area (Å²) in [6, 6.07) is 7.61. The van der Waals surface area contributed by atoms with Crippen molar-refractivity contribution in [2.24, 2.45) is 16.6 Å². The van der Waals surface area contributed by atoms with Gasteiger partial charge in [-0.15, -0.1) is 0 Å². The van der Waals surface area contributed by atoms with Crippen molar-refractivity contribution >= 4 is 5.96 Å². The SMILES string of the molecule is COc1cccc(CN=C(N)NN)c1. The molecule has 0 saturated heterocycles. The lowest BCUT2D eigenvalue weighted by Gasteiger charge is -2.02. The first-order chi connectivity index (χ1) is 6.76. The fourth-order valence-electron chi connectivity index (χ4n) is 0.993. The van der Waals surface area contributed by atoms with Crippen LogP contribution in [0.2, 0.25) is 0 Å². The maximum absolute atomic E-state index is 5.37. The summed E-state index contributed by atoms with van der Waals surface area (Å²) in [4.78, 5) is 3.99. The van der Waals surface area contributed by atoms with E-state index in [9.17, 15) is 0 Å². The topological polar surface area (TPSA) is 85.7 Å². The van der Waals surface area contributed by atoms with Gasteiger partial charge < -0.3 is 10.5 Å². The summed E-state index contributed by atoms with van der Waals surface area (Å²) in [6.45, 7) is 0.479. The van der Waals surface area contributed by atoms with E-state index in [1.54, 1.807) is 7.11 Å². The van der Waals surface area contributed by atoms with Crippen molar-refractivity contribution in [1.82, 2.24) is 5.43 Å². The fourth-order valence-corrected chi connectivity index (χ4v) is 0.993. The highest BCUT2D eigenvalue weighted by atomic mass is 16.5. The number of benzene rings is 1. The van der Waals surface area contributed by atoms with Crippen LogP contribution in [0.3, 0.4) is 0 Å². The minimum atomic E-state index is 0.216. The molecule has 1 aromatic carbocycles. The number of hydrazine groups is 1. The van der Waals surface area contributed by atoms with E-state index in [0.717, 1.165) is 11.3 Å². The lowest BCUT2D eigenvalue weighted by atomic mass is 10.2. The van der Waals surface area contributed by atoms with E-state index in [1.165, 1.54) is 0 Å². The number of aliphatic imine (C=N–C) groups is 1. The molecule has 5 N–H and O–H groups in total. The number of nitrogens with zero attached hydrogens (tertiary/aromatic N) is 1. The molecule has 0 saturated carbocycles. The predicted octanol–water partition coefficient (Wildman–Crippen LogP) is -0.0268. The molecule has 76 valence electrons. The second-order valence-corrected chi connectivity index (χ2v) is 2.70. The molecule has 0 atom stereocenters. The molecular formula is C9H14N4O. The number of nitrogens with one attached hydrogen (secondary N) is 1. The summed E-state index contributed by atoms with van der Waals surface area (Å²) in [6.07, 6.45) is 0. The molecule has 14 heavy (non-hydrogen) atoms. The lowest BCUT2D eigenvalue weighted by Crippen LogP contribution is -2.37. The van der Waals surface area contributed by atoms with Crippen LogP contribution in [0.5, 0.6) is 5.75 Å². The maximum atomic E-state index is 5.37. The van der Waals surface area contributed by atoms with Gasteiger partial charge in [0, 0.05) is 0 Å². The Kier molecular flexibility index (Phi) is 3.75. The number of guanidine groups is 1. The number of hydrogen-bond acceptors (Lipinski definition) is 3. The molecule has 0 aliphatic rings. The minimum absolute atomic E-state index is 0.216. The van der Waals surface area contributed by atoms with Gasteiger partial charge in [-0.2, -0.15) is 0 Å². The summed E-state index contributed by atoms with van der Waals surface area (Å²) >= 11 is 0. The first-order valence-electron chi connectivity index (χ1n) is 4.15. The van der Waals surface area contributed by atoms with Crippen LogP contribution in [0.4, 0.5) is 0 Å². The van der Waals surface area contributed by atoms with Crippen molar-refractivity contribution < 1.29 is 4.74 Å². The molecule has 5 nitrogen and oxygen atoms in total. The normalized spacial score (nSPS) is 11.1. The van der Waals surface area contributed by atoms with E-state index in [-0.39, 0.29) is 5.96 Å². The van der Waals surface area contributed by atoms with Crippen LogP contribution in [0.15, 0.2) is 29.3 Å². The lowest BCUT2D eigenvalue weighted by molar-refractivity contribution is 0.414. The molecular weight excluding hydrogens is 180 g/mol. The molecule has 0 aliphatic heterocycles. The van der Waals surface area contributed by atoms with Gasteiger partial charge in [0.15, 0.2) is 0 Å². The van der Waals surface area contributed by atoms with Gasteiger partial charge in [-0.25, -0.2) is 10.8 Å². The van der Waals surface area contributed by atoms with Crippen LogP contribution in [0, 0.1) is 0 Å². The van der Waals surface area contributed by atoms with Crippen LogP contribution in [-0.2, 0) is 6.54 Å². The van der Waals surface area contributed by atoms with E-state index in [2.05, 4.69) is 10.4 Å². The highest BCUT2D eigenvalue weighted by molar-refractivity contribution is 5.77. The summed E-state index contributed by atoms with van der Waals surface area (Å²) in [7, 11) is 1.62. The zero-order valence-electron chi connectivity index (χ0n) is 8.03. The van der Waals surface area contributed by atoms with E-state index >= 15 is 0 Å². The molecule has 0 aliphatic carbocycles. The average Bonchev–Trinajstić information content (AvgIpc) is 2.26. The number of hydrogen-bond donors (Lipinski definition) is 3. The van der Waals surface area contributed by atoms with Gasteiger partial charge in [-0.3, -0.25) is 5.43 Å². The van der Waals surface area contributed by atoms with Crippen molar-refractivity contribution in [3.8, 4) is 5.75 Å². The van der Waals surface area contributed by atoms with Crippen LogP contribution in [0.25, 0.3) is 0 Å². The molecule has 0 radical (unpaired) electrons. The quantitative estimate of drug-likeness (QED) is 0.273. The van der Waals surface area contributed by atoms with Crippen molar-refractivity contribution in [3.63, 3.8) is 0 Å². The van der Waals surface area contributed by atoms with Gasteiger partial charge in [-0.05, 0) is 17.7 Å². The van der Waals surface area contributed by atoms with E-state index in [0.29, 0.717) is 6.54 Å². The number of methoxy groups -OCH3 is 1. The van der Waals surface area contributed by atoms with E-state index in [4.69, 9.17) is 16.3 Å². The van der Waals surface area contributed by atoms with E-state index < -0.39 is 0 Å². The van der Waals surface area contributed by atoms with Gasteiger partial charge in [0.05, 0.1) is 13.7 Å². The maximum Gasteiger partial charge on any atom is 0.203 e. The van der Waals surface area contributed by atoms with Crippen molar-refractivity contribution in [1.29, 1.82) is 0 Å². The Labute approximate surface area is 82.7 Å². The third-order valence-corrected chi connectivity index (χ3v) is 1.71. The van der Waals surface area contributed by atoms with Crippen molar-refractivity contribution in [3.05, 3.63) is 29.8 Å². The fraction of sp³-hybridized carbons (Fsp3) is 0.222. The summed E-state index contributed by atoms with van der Waals surface area (Å²) in [5, 5.41) is 0. The number of nitrogens with two attached hydrogens (primary N) is 2. The van der Waals surface area contributed by atoms with E-state index in [1.807, 2.05) is 24.3 Å². The first kappa shape index (κ1) is 10.3. The highest BCUT2D eigenvalue weighted by Gasteiger charge is 1.94. The highest BCUT2D eigenvalue weighted by Crippen LogP contribution is 2.12. The van der Waals surface area contributed by atoms with Crippen LogP contribution >= 0.6 is 0 Å². The Morgan fingerprint density at radius 2 is 2.36 bits per heavy atom. The molecule has 0 bridgehead atoms. The summed E-state index contributed by atoms with van der Waals surface area (Å²) in [5.74, 6) is 6.08. The molecule has 1 aromatic rings. The Hall–Kier alpha value is -1.75. The third-order valence-electron chi connectivity index (χ3n) is 1.71. The molecule has 0 heterocycles. The smallest absolute Gasteiger partial charge is 0.203 e. The number of rotatable bonds is 3. The summed E-state index contributed by atoms with van der Waals surface area (Å²) < 4.78 is 5.07. The van der Waals surface area contributed by atoms with Gasteiger partial charge >= 0.3 is 0 Å². The average molecular weight is 194 g/mol. The first-order valence-corrected chi connectivity index (χ1v) is 4.15. The zero-order valence-corrected chi connectivity index (χ0v) is 8.03. The molecule has 0 amide bonds. The monoisotopic (exact) mass is 194 g/mol.